The minimum Gasteiger partial charge on any atom is -0.421 e. The van der Waals surface area contributed by atoms with Crippen LogP contribution in [0.3, 0.4) is 0 Å². The van der Waals surface area contributed by atoms with Crippen LogP contribution in [0.15, 0.2) is 24.5 Å². The van der Waals surface area contributed by atoms with Crippen LogP contribution in [-0.4, -0.2) is 27.9 Å². The van der Waals surface area contributed by atoms with Gasteiger partial charge in [0.1, 0.15) is 7.05 Å². The van der Waals surface area contributed by atoms with Gasteiger partial charge in [-0.15, -0.1) is 0 Å². The third-order valence-electron chi connectivity index (χ3n) is 1.89. The highest BCUT2D eigenvalue weighted by Crippen LogP contribution is 2.36. The molecule has 0 bridgehead atoms. The molecule has 1 rings (SSSR count). The van der Waals surface area contributed by atoms with E-state index in [0.29, 0.717) is 5.56 Å². The van der Waals surface area contributed by atoms with Crippen LogP contribution in [0.1, 0.15) is 5.56 Å². The largest absolute Gasteiger partial charge is 0.480 e. The minimum absolute atomic E-state index is 0.702. The maximum absolute atomic E-state index is 11.4. The number of rotatable bonds is 2. The molecule has 24 heavy (non-hydrogen) atoms. The lowest BCUT2D eigenvalue weighted by Crippen LogP contribution is -2.30. The van der Waals surface area contributed by atoms with E-state index in [2.05, 4.69) is 0 Å². The molecule has 0 aliphatic heterocycles. The molecule has 0 aliphatic carbocycles. The Balaban J connectivity index is 0.000000496. The first-order chi connectivity index (χ1) is 10.5. The van der Waals surface area contributed by atoms with Gasteiger partial charge in [0.2, 0.25) is 0 Å². The minimum atomic E-state index is -6.72. The number of aryl methyl sites for hydroxylation is 1. The van der Waals surface area contributed by atoms with E-state index < -0.39 is 31.1 Å². The number of alkyl halides is 6. The van der Waals surface area contributed by atoms with E-state index in [0.717, 1.165) is 4.13 Å². The molecule has 0 fully saturated rings. The van der Waals surface area contributed by atoms with Crippen molar-refractivity contribution in [2.45, 2.75) is 11.0 Å². The van der Waals surface area contributed by atoms with Crippen LogP contribution in [0.2, 0.25) is 0 Å². The summed E-state index contributed by atoms with van der Waals surface area (Å²) in [6.45, 7) is 0. The molecule has 0 N–H and O–H groups in total. The van der Waals surface area contributed by atoms with Crippen molar-refractivity contribution in [2.24, 2.45) is 7.05 Å². The first-order valence-electron chi connectivity index (χ1n) is 5.26. The first-order valence-corrected chi connectivity index (χ1v) is 8.14. The third-order valence-corrected chi connectivity index (χ3v) is 4.63. The normalized spacial score (nSPS) is 12.8. The molecule has 0 atom stereocenters. The van der Waals surface area contributed by atoms with Crippen molar-refractivity contribution in [3.63, 3.8) is 0 Å². The second-order valence-corrected chi connectivity index (χ2v) is 7.20. The zero-order chi connectivity index (χ0) is 19.4. The van der Waals surface area contributed by atoms with Crippen LogP contribution in [0.4, 0.5) is 26.3 Å². The molecule has 1 aromatic rings. The standard InChI is InChI=1S/C7H7N2.C2F6NO4S2/c1-9-4-2-7(6-8)3-5-9;3-1(4,5)14(10,11)9-15(12,13)2(6,7)8/h2-5H,1H3;/q+1;-1. The van der Waals surface area contributed by atoms with E-state index in [4.69, 9.17) is 5.26 Å². The number of nitriles is 1. The average molecular weight is 399 g/mol. The SMILES string of the molecule is C[n+]1ccc(C#N)cc1.O=S(=O)([N-]S(=O)(=O)C(F)(F)F)C(F)(F)F. The van der Waals surface area contributed by atoms with E-state index in [-0.39, 0.29) is 0 Å². The van der Waals surface area contributed by atoms with Gasteiger partial charge in [-0.2, -0.15) is 31.6 Å². The van der Waals surface area contributed by atoms with Gasteiger partial charge in [0.15, 0.2) is 32.4 Å². The lowest BCUT2D eigenvalue weighted by atomic mass is 10.3. The number of hydrogen-bond acceptors (Lipinski definition) is 5. The zero-order valence-electron chi connectivity index (χ0n) is 11.4. The fourth-order valence-corrected chi connectivity index (χ4v) is 2.50. The summed E-state index contributed by atoms with van der Waals surface area (Å²) in [6, 6.07) is 5.60. The highest BCUT2D eigenvalue weighted by atomic mass is 32.3. The monoisotopic (exact) mass is 399 g/mol. The molecule has 0 unspecified atom stereocenters. The van der Waals surface area contributed by atoms with E-state index >= 15 is 0 Å². The number of pyridine rings is 1. The molecule has 0 saturated heterocycles. The molecule has 0 saturated carbocycles. The van der Waals surface area contributed by atoms with Crippen LogP contribution >= 0.6 is 0 Å². The predicted molar refractivity (Wildman–Crippen MR) is 65.6 cm³/mol. The van der Waals surface area contributed by atoms with Crippen molar-refractivity contribution in [1.29, 1.82) is 5.26 Å². The van der Waals surface area contributed by atoms with Gasteiger partial charge in [0.25, 0.3) is 0 Å². The molecular formula is C9H7F6N3O4S2. The molecule has 136 valence electrons. The maximum atomic E-state index is 11.4. The summed E-state index contributed by atoms with van der Waals surface area (Å²) in [5.41, 5.74) is -11.7. The molecule has 1 heterocycles. The maximum Gasteiger partial charge on any atom is 0.480 e. The number of aromatic nitrogens is 1. The number of halogens is 6. The summed E-state index contributed by atoms with van der Waals surface area (Å²) in [5.74, 6) is 0. The topological polar surface area (TPSA) is 110 Å². The fraction of sp³-hybridized carbons (Fsp3) is 0.333. The Bertz CT molecular complexity index is 765. The Morgan fingerprint density at radius 2 is 1.29 bits per heavy atom. The Kier molecular flexibility index (Phi) is 6.73. The molecule has 0 amide bonds. The lowest BCUT2D eigenvalue weighted by Gasteiger charge is -2.22. The first kappa shape index (κ1) is 22.1. The molecule has 1 aromatic heterocycles. The van der Waals surface area contributed by atoms with Crippen molar-refractivity contribution < 1.29 is 47.7 Å². The fourth-order valence-electron chi connectivity index (χ4n) is 0.789. The molecule has 0 aliphatic rings. The van der Waals surface area contributed by atoms with Crippen molar-refractivity contribution in [3.05, 3.63) is 34.2 Å². The van der Waals surface area contributed by atoms with Crippen LogP contribution in [0.25, 0.3) is 4.13 Å². The van der Waals surface area contributed by atoms with Crippen molar-refractivity contribution in [2.75, 3.05) is 0 Å². The summed E-state index contributed by atoms with van der Waals surface area (Å²) >= 11 is 0. The van der Waals surface area contributed by atoms with Crippen molar-refractivity contribution in [3.8, 4) is 6.07 Å². The summed E-state index contributed by atoms with van der Waals surface area (Å²) in [4.78, 5) is 0. The Morgan fingerprint density at radius 3 is 1.54 bits per heavy atom. The molecule has 15 heteroatoms. The van der Waals surface area contributed by atoms with Gasteiger partial charge < -0.3 is 4.13 Å². The van der Waals surface area contributed by atoms with Gasteiger partial charge in [-0.1, -0.05) is 0 Å². The summed E-state index contributed by atoms with van der Waals surface area (Å²) in [7, 11) is -11.5. The van der Waals surface area contributed by atoms with Crippen LogP contribution in [-0.2, 0) is 27.1 Å². The van der Waals surface area contributed by atoms with E-state index in [1.165, 1.54) is 0 Å². The number of sulfonamides is 2. The van der Waals surface area contributed by atoms with Crippen molar-refractivity contribution in [1.82, 2.24) is 0 Å². The van der Waals surface area contributed by atoms with Crippen LogP contribution < -0.4 is 4.57 Å². The quantitative estimate of drug-likeness (QED) is 0.552. The number of nitrogens with zero attached hydrogens (tertiary/aromatic N) is 3. The van der Waals surface area contributed by atoms with Gasteiger partial charge in [0, 0.05) is 12.1 Å². The van der Waals surface area contributed by atoms with Crippen LogP contribution in [0.5, 0.6) is 0 Å². The van der Waals surface area contributed by atoms with Crippen LogP contribution in [0, 0.1) is 11.3 Å². The van der Waals surface area contributed by atoms with Gasteiger partial charge in [-0.25, -0.2) is 21.4 Å². The van der Waals surface area contributed by atoms with Gasteiger partial charge in [0.05, 0.1) is 11.6 Å². The molecule has 0 aromatic carbocycles. The molecule has 7 nitrogen and oxygen atoms in total. The average Bonchev–Trinajstić information content (AvgIpc) is 2.36. The summed E-state index contributed by atoms with van der Waals surface area (Å²) in [5, 5.41) is 8.37. The second kappa shape index (κ2) is 7.32. The van der Waals surface area contributed by atoms with Gasteiger partial charge >= 0.3 is 11.0 Å². The number of hydrogen-bond donors (Lipinski definition) is 0. The van der Waals surface area contributed by atoms with E-state index in [1.807, 2.05) is 30.1 Å². The Labute approximate surface area is 132 Å². The lowest BCUT2D eigenvalue weighted by molar-refractivity contribution is -0.671. The zero-order valence-corrected chi connectivity index (χ0v) is 13.0. The Morgan fingerprint density at radius 1 is 0.958 bits per heavy atom. The highest BCUT2D eigenvalue weighted by molar-refractivity contribution is 8.13. The second-order valence-electron chi connectivity index (χ2n) is 3.78. The Hall–Kier alpha value is -1.92. The van der Waals surface area contributed by atoms with Gasteiger partial charge in [-0.3, -0.25) is 0 Å². The summed E-state index contributed by atoms with van der Waals surface area (Å²) < 4.78 is 111. The highest BCUT2D eigenvalue weighted by Gasteiger charge is 2.46. The predicted octanol–water partition coefficient (Wildman–Crippen LogP) is 1.44. The third kappa shape index (κ3) is 6.29. The summed E-state index contributed by atoms with van der Waals surface area (Å²) in [6.07, 6.45) is 3.69. The van der Waals surface area contributed by atoms with E-state index in [1.54, 1.807) is 12.1 Å². The molecular weight excluding hydrogens is 392 g/mol. The van der Waals surface area contributed by atoms with E-state index in [9.17, 15) is 43.2 Å². The van der Waals surface area contributed by atoms with Crippen molar-refractivity contribution >= 4 is 20.0 Å². The molecule has 0 radical (unpaired) electrons. The van der Waals surface area contributed by atoms with Gasteiger partial charge in [-0.05, 0) is 0 Å². The molecule has 0 spiro atoms. The smallest absolute Gasteiger partial charge is 0.421 e.